The van der Waals surface area contributed by atoms with Crippen LogP contribution in [0.3, 0.4) is 0 Å². The van der Waals surface area contributed by atoms with E-state index in [4.69, 9.17) is 61.5 Å². The fourth-order valence-corrected chi connectivity index (χ4v) is 21.4. The zero-order valence-electron chi connectivity index (χ0n) is 78.5. The van der Waals surface area contributed by atoms with E-state index in [2.05, 4.69) is 229 Å². The molecule has 2 aromatic rings. The maximum atomic E-state index is 17.1. The Hall–Kier alpha value is -4.54. The molecule has 0 aliphatic carbocycles. The summed E-state index contributed by atoms with van der Waals surface area (Å²) >= 11 is 6.34. The van der Waals surface area contributed by atoms with Crippen LogP contribution in [0.25, 0.3) is 0 Å². The van der Waals surface area contributed by atoms with Gasteiger partial charge in [0, 0.05) is 19.0 Å². The van der Waals surface area contributed by atoms with E-state index < -0.39 is 188 Å². The predicted molar refractivity (Wildman–Crippen MR) is 489 cm³/mol. The molecule has 119 heavy (non-hydrogen) atoms. The first-order chi connectivity index (χ1) is 54.3. The van der Waals surface area contributed by atoms with Gasteiger partial charge in [-0.15, -0.1) is 0 Å². The summed E-state index contributed by atoms with van der Waals surface area (Å²) in [6.45, 7) is 69.4. The molecule has 13 atom stereocenters. The second-order valence-electron chi connectivity index (χ2n) is 42.9. The Bertz CT molecular complexity index is 3890. The van der Waals surface area contributed by atoms with Crippen molar-refractivity contribution in [3.05, 3.63) is 64.7 Å². The molecule has 5 aliphatic heterocycles. The van der Waals surface area contributed by atoms with E-state index in [0.717, 1.165) is 12.8 Å². The van der Waals surface area contributed by atoms with Crippen molar-refractivity contribution in [1.29, 1.82) is 0 Å². The Labute approximate surface area is 726 Å². The Kier molecular flexibility index (Phi) is 33.1. The van der Waals surface area contributed by atoms with Crippen LogP contribution < -0.4 is 25.7 Å². The number of halogens is 1. The molecule has 666 valence electrons. The summed E-state index contributed by atoms with van der Waals surface area (Å²) in [5, 5.41) is 10.8. The second kappa shape index (κ2) is 38.7. The molecule has 26 nitrogen and oxygen atoms in total. The van der Waals surface area contributed by atoms with E-state index in [1.165, 1.54) is 12.0 Å². The number of carbonyl (C=O) groups excluding carboxylic acids is 7. The van der Waals surface area contributed by atoms with Gasteiger partial charge < -0.3 is 46.6 Å². The fraction of sp³-hybridized carbons (Fsp3) is 0.768. The molecule has 5 saturated heterocycles. The zero-order valence-corrected chi connectivity index (χ0v) is 85.3. The average Bonchev–Trinajstić information content (AvgIpc) is 1.57. The minimum absolute atomic E-state index is 0.0308. The van der Waals surface area contributed by atoms with Gasteiger partial charge in [-0.25, -0.2) is 0 Å². The topological polar surface area (TPSA) is 301 Å². The summed E-state index contributed by atoms with van der Waals surface area (Å²) in [6, 6.07) is 6.43. The minimum atomic E-state index is -3.05. The molecule has 5 heterocycles. The zero-order chi connectivity index (χ0) is 90.1. The summed E-state index contributed by atoms with van der Waals surface area (Å²) in [6.07, 6.45) is -5.12. The summed E-state index contributed by atoms with van der Waals surface area (Å²) in [4.78, 5) is 119. The summed E-state index contributed by atoms with van der Waals surface area (Å²) in [5.74, 6) is -3.96. The average molecular weight is 1780 g/mol. The molecule has 5 fully saturated rings. The van der Waals surface area contributed by atoms with E-state index >= 15 is 28.8 Å². The SMILES string of the molecule is COB=NC(CCCNC(=O)OCc1ccccc1Cl)C(=O)N[C@H](C(=O)N1C[C@H](O[Si](C)(C)C(C)(C)C)C[C@H]1C(=O)N[C@H](C(=O)N[C@H](C(=O)N1C[C@H](C)[C@H](O[Si](C)(C)C(C)(C)C)[C@H]1C(=O)N(B1CO1)B1OC1B1CO1)C(C)O[Si](C)(C)C(C)(C)C)[C@@H](Cc1ccc(O[Si](C)(C)C(C)(C)C)cc1)O[Si](C)(C)C(C)(C)C)C(C)O[Si](C)(C)C(C)(C)C. The fourth-order valence-electron chi connectivity index (χ4n) is 13.3. The molecular weight excluding hydrogens is 1630 g/mol. The van der Waals surface area contributed by atoms with Gasteiger partial charge >= 0.3 is 331 Å². The number of nitrogens with one attached hydrogen (secondary N) is 4. The molecule has 4 unspecified atom stereocenters. The normalized spacial score (nSPS) is 21.6. The van der Waals surface area contributed by atoms with E-state index in [1.807, 2.05) is 31.2 Å². The number of hydrogen-bond acceptors (Lipinski definition) is 19. The van der Waals surface area contributed by atoms with Crippen LogP contribution in [-0.2, 0) is 87.3 Å². The van der Waals surface area contributed by atoms with Gasteiger partial charge in [0.15, 0.2) is 25.0 Å². The number of carbonyl (C=O) groups is 7. The van der Waals surface area contributed by atoms with Gasteiger partial charge in [-0.05, 0) is 104 Å². The predicted octanol–water partition coefficient (Wildman–Crippen LogP) is 14.1. The monoisotopic (exact) mass is 1780 g/mol. The number of nitrogens with zero attached hydrogens (tertiary/aromatic N) is 4. The van der Waals surface area contributed by atoms with Gasteiger partial charge in [-0.2, -0.15) is 0 Å². The van der Waals surface area contributed by atoms with Crippen molar-refractivity contribution in [1.82, 2.24) is 35.8 Å². The molecule has 0 bridgehead atoms. The number of ether oxygens (including phenoxy) is 1. The van der Waals surface area contributed by atoms with Crippen molar-refractivity contribution in [2.24, 2.45) is 10.8 Å². The Morgan fingerprint density at radius 1 is 0.622 bits per heavy atom. The van der Waals surface area contributed by atoms with Crippen molar-refractivity contribution in [2.75, 3.05) is 39.8 Å². The number of rotatable bonds is 37. The first kappa shape index (κ1) is 102. The third-order valence-corrected chi connectivity index (χ3v) is 54.6. The molecule has 5 aliphatic rings. The molecule has 0 radical (unpaired) electrons. The molecule has 0 aromatic heterocycles. The van der Waals surface area contributed by atoms with Gasteiger partial charge in [0.05, 0.1) is 24.6 Å². The Morgan fingerprint density at radius 2 is 1.12 bits per heavy atom. The van der Waals surface area contributed by atoms with E-state index in [0.29, 0.717) is 22.8 Å². The summed E-state index contributed by atoms with van der Waals surface area (Å²) in [5.41, 5.74) is 1.38. The Balaban J connectivity index is 1.40. The number of alkyl carbamates (subject to hydrolysis) is 1. The van der Waals surface area contributed by atoms with Crippen LogP contribution in [-0.4, -0.2) is 247 Å². The standard InChI is InChI=1S/C82H147B4ClN8O18Si6/c1-53-48-94(67(68(53)113-119(33,34)82(19,20)21)74(101)95(85-52-106-85)86-75(107-86)84-51-105-84)73(100)65(55(3)109-115(25,26)78(7,8)9)90-71(98)66(63(112-118(31,32)81(16,17)18)46-56-41-43-58(44-42-56)110-116(27,28)79(10,11)12)91-70(97)62-47-59(111-117(29,30)80(13,14)15)49-93(62)72(99)64(54(2)108-114(23,24)77(4,5)6)89-69(96)61(92-83-103-22)40-37-45-88-76(102)104-50-57-38-35-36-39-60(57)87/h35-36,38-39,41-44,53-55,59,61-68,75H,37,40,45-52H2,1-34H3,(H,88,102)(H,89,96)(H,90,98)(H,91,97)/t53-,54?,55?,59+,61?,62-,63+,64-,65-,66-,67-,68-,75?/m0/s1. The van der Waals surface area contributed by atoms with Crippen LogP contribution >= 0.6 is 11.6 Å². The first-order valence-corrected chi connectivity index (χ1v) is 60.7. The van der Waals surface area contributed by atoms with Crippen molar-refractivity contribution < 1.29 is 83.5 Å². The summed E-state index contributed by atoms with van der Waals surface area (Å²) in [7, 11) is -15.2. The van der Waals surface area contributed by atoms with Crippen molar-refractivity contribution in [2.45, 2.75) is 359 Å². The van der Waals surface area contributed by atoms with Crippen LogP contribution in [0.5, 0.6) is 5.75 Å². The van der Waals surface area contributed by atoms with Crippen LogP contribution in [0.1, 0.15) is 176 Å². The number of amides is 7. The Morgan fingerprint density at radius 3 is 1.61 bits per heavy atom. The van der Waals surface area contributed by atoms with E-state index in [1.54, 1.807) is 47.7 Å². The molecule has 37 heteroatoms. The molecule has 7 rings (SSSR count). The van der Waals surface area contributed by atoms with Gasteiger partial charge in [0.25, 0.3) is 0 Å². The van der Waals surface area contributed by atoms with Crippen LogP contribution in [0.15, 0.2) is 53.4 Å². The van der Waals surface area contributed by atoms with Gasteiger partial charge in [-0.3, -0.25) is 14.4 Å². The molecule has 4 N–H and O–H groups in total. The second-order valence-corrected chi connectivity index (χ2v) is 71.8. The summed E-state index contributed by atoms with van der Waals surface area (Å²) < 4.78 is 73.6. The van der Waals surface area contributed by atoms with Crippen molar-refractivity contribution in [3.63, 3.8) is 0 Å². The third-order valence-electron chi connectivity index (χ3n) is 27.2. The van der Waals surface area contributed by atoms with E-state index in [9.17, 15) is 4.79 Å². The van der Waals surface area contributed by atoms with E-state index in [-0.39, 0.29) is 91.4 Å². The molecule has 0 saturated carbocycles. The maximum absolute atomic E-state index is 17.1. The van der Waals surface area contributed by atoms with Crippen molar-refractivity contribution in [3.8, 4) is 5.75 Å². The first-order valence-electron chi connectivity index (χ1n) is 42.9. The van der Waals surface area contributed by atoms with Gasteiger partial charge in [-0.1, -0.05) is 129 Å². The van der Waals surface area contributed by atoms with Crippen molar-refractivity contribution >= 4 is 131 Å². The third kappa shape index (κ3) is 26.1. The molecule has 2 aromatic carbocycles. The molecule has 0 spiro atoms. The van der Waals surface area contributed by atoms with Gasteiger partial charge in [0.1, 0.15) is 17.8 Å². The van der Waals surface area contributed by atoms with Gasteiger partial charge in [0.2, 0.25) is 20.1 Å². The quantitative estimate of drug-likeness (QED) is 0.0277. The van der Waals surface area contributed by atoms with Crippen LogP contribution in [0.2, 0.25) is 114 Å². The molecular formula is C82H147B4ClN8O18Si6. The van der Waals surface area contributed by atoms with Crippen LogP contribution in [0.4, 0.5) is 4.79 Å². The number of likely N-dealkylation sites (tertiary alicyclic amines) is 2. The number of benzene rings is 2. The van der Waals surface area contributed by atoms with Crippen LogP contribution in [0, 0.1) is 5.92 Å². The number of hydrogen-bond donors (Lipinski definition) is 4. The molecule has 7 amide bonds.